The highest BCUT2D eigenvalue weighted by molar-refractivity contribution is 6.88. The third-order valence-corrected chi connectivity index (χ3v) is 8.96. The topological polar surface area (TPSA) is 9.86 Å². The van der Waals surface area contributed by atoms with Crippen LogP contribution in [0.5, 0.6) is 0 Å². The van der Waals surface area contributed by atoms with Gasteiger partial charge in [-0.2, -0.15) is 0 Å². The van der Waals surface area contributed by atoms with Gasteiger partial charge >= 0.3 is 6.85 Å². The summed E-state index contributed by atoms with van der Waals surface area (Å²) in [6, 6.07) is 36.6. The molecule has 0 unspecified atom stereocenters. The van der Waals surface area contributed by atoms with Gasteiger partial charge in [-0.1, -0.05) is 106 Å². The fourth-order valence-electron chi connectivity index (χ4n) is 7.16. The van der Waals surface area contributed by atoms with Gasteiger partial charge in [0, 0.05) is 38.3 Å². The Hall–Kier alpha value is -4.24. The highest BCUT2D eigenvalue weighted by Gasteiger charge is 2.36. The molecule has 0 saturated heterocycles. The predicted molar refractivity (Wildman–Crippen MR) is 169 cm³/mol. The Morgan fingerprint density at radius 2 is 1.15 bits per heavy atom. The molecule has 1 aliphatic heterocycles. The molecule has 0 spiro atoms. The summed E-state index contributed by atoms with van der Waals surface area (Å²) >= 11 is 0. The normalized spacial score (nSPS) is 13.2. The van der Waals surface area contributed by atoms with Crippen LogP contribution in [0.1, 0.15) is 37.5 Å². The fourth-order valence-corrected chi connectivity index (χ4v) is 7.16. The maximum absolute atomic E-state index is 2.64. The summed E-state index contributed by atoms with van der Waals surface area (Å²) in [5.74, 6) is 0. The molecule has 2 aromatic heterocycles. The first kappa shape index (κ1) is 22.7. The third-order valence-electron chi connectivity index (χ3n) is 8.96. The van der Waals surface area contributed by atoms with Crippen LogP contribution >= 0.6 is 0 Å². The molecule has 0 amide bonds. The van der Waals surface area contributed by atoms with Crippen LogP contribution in [0.15, 0.2) is 97.1 Å². The molecule has 8 rings (SSSR count). The number of para-hydroxylation sites is 4. The number of hydrogen-bond acceptors (Lipinski definition) is 0. The molecule has 7 aromatic rings. The Morgan fingerprint density at radius 1 is 0.564 bits per heavy atom. The molecule has 0 N–H and O–H groups in total. The molecule has 2 nitrogen and oxygen atoms in total. The molecular weight excluding hydrogens is 471 g/mol. The van der Waals surface area contributed by atoms with Crippen molar-refractivity contribution in [1.29, 1.82) is 0 Å². The monoisotopic (exact) mass is 502 g/mol. The molecule has 3 heterocycles. The van der Waals surface area contributed by atoms with E-state index in [2.05, 4.69) is 141 Å². The number of aromatic nitrogens is 2. The smallest absolute Gasteiger partial charge is 0.332 e. The molecule has 39 heavy (non-hydrogen) atoms. The second-order valence-electron chi connectivity index (χ2n) is 12.3. The van der Waals surface area contributed by atoms with Crippen molar-refractivity contribution >= 4 is 61.4 Å². The van der Waals surface area contributed by atoms with Crippen LogP contribution in [0.3, 0.4) is 0 Å². The zero-order valence-corrected chi connectivity index (χ0v) is 23.2. The van der Waals surface area contributed by atoms with Gasteiger partial charge in [-0.15, -0.1) is 0 Å². The quantitative estimate of drug-likeness (QED) is 0.203. The van der Waals surface area contributed by atoms with E-state index in [4.69, 9.17) is 0 Å². The van der Waals surface area contributed by atoms with E-state index in [1.807, 2.05) is 0 Å². The van der Waals surface area contributed by atoms with Crippen molar-refractivity contribution in [2.24, 2.45) is 0 Å². The van der Waals surface area contributed by atoms with Gasteiger partial charge in [-0.25, -0.2) is 0 Å². The first-order valence-electron chi connectivity index (χ1n) is 14.0. The molecular formula is C36H31BN2. The van der Waals surface area contributed by atoms with Gasteiger partial charge in [0.1, 0.15) is 0 Å². The Kier molecular flexibility index (Phi) is 4.47. The van der Waals surface area contributed by atoms with Crippen LogP contribution in [0.4, 0.5) is 0 Å². The van der Waals surface area contributed by atoms with Crippen LogP contribution in [0.25, 0.3) is 49.3 Å². The first-order chi connectivity index (χ1) is 18.8. The summed E-state index contributed by atoms with van der Waals surface area (Å²) in [6.45, 7) is 11.5. The summed E-state index contributed by atoms with van der Waals surface area (Å²) in [5.41, 5.74) is 13.4. The van der Waals surface area contributed by atoms with Crippen molar-refractivity contribution in [3.05, 3.63) is 114 Å². The van der Waals surface area contributed by atoms with Gasteiger partial charge in [0.15, 0.2) is 0 Å². The van der Waals surface area contributed by atoms with E-state index >= 15 is 0 Å². The SMILES string of the molecule is Cc1cccc2c3cccc(C)c3n(B3c4ccccc4-n4c5cc(C(C)(C)C)ccc5c5cccc3c54)c12. The minimum atomic E-state index is 0.0750. The zero-order chi connectivity index (χ0) is 26.6. The molecule has 0 bridgehead atoms. The van der Waals surface area contributed by atoms with Crippen molar-refractivity contribution < 1.29 is 0 Å². The largest absolute Gasteiger partial charge is 0.375 e. The van der Waals surface area contributed by atoms with E-state index in [1.54, 1.807) is 0 Å². The number of aryl methyl sites for hydroxylation is 2. The van der Waals surface area contributed by atoms with Gasteiger partial charge in [0.2, 0.25) is 0 Å². The van der Waals surface area contributed by atoms with Crippen molar-refractivity contribution in [2.75, 3.05) is 0 Å². The van der Waals surface area contributed by atoms with Crippen LogP contribution in [-0.4, -0.2) is 15.9 Å². The van der Waals surface area contributed by atoms with Crippen LogP contribution in [0, 0.1) is 13.8 Å². The summed E-state index contributed by atoms with van der Waals surface area (Å²) in [7, 11) is 0. The highest BCUT2D eigenvalue weighted by atomic mass is 15.0. The molecule has 0 atom stereocenters. The lowest BCUT2D eigenvalue weighted by molar-refractivity contribution is 0.591. The van der Waals surface area contributed by atoms with Gasteiger partial charge < -0.3 is 9.05 Å². The van der Waals surface area contributed by atoms with Crippen molar-refractivity contribution in [2.45, 2.75) is 40.0 Å². The van der Waals surface area contributed by atoms with E-state index < -0.39 is 0 Å². The predicted octanol–water partition coefficient (Wildman–Crippen LogP) is 7.77. The molecule has 1 aliphatic rings. The fraction of sp³-hybridized carbons (Fsp3) is 0.167. The second-order valence-corrected chi connectivity index (χ2v) is 12.3. The molecule has 0 aliphatic carbocycles. The number of benzene rings is 5. The third kappa shape index (κ3) is 2.93. The van der Waals surface area contributed by atoms with E-state index in [1.165, 1.54) is 76.9 Å². The summed E-state index contributed by atoms with van der Waals surface area (Å²) < 4.78 is 5.18. The minimum absolute atomic E-state index is 0.0750. The van der Waals surface area contributed by atoms with Gasteiger partial charge in [0.05, 0.1) is 11.0 Å². The number of nitrogens with zero attached hydrogens (tertiary/aromatic N) is 2. The summed E-state index contributed by atoms with van der Waals surface area (Å²) in [5, 5.41) is 5.32. The highest BCUT2D eigenvalue weighted by Crippen LogP contribution is 2.38. The lowest BCUT2D eigenvalue weighted by Gasteiger charge is -2.29. The summed E-state index contributed by atoms with van der Waals surface area (Å²) in [6.07, 6.45) is 0. The number of rotatable bonds is 1. The molecule has 5 aromatic carbocycles. The lowest BCUT2D eigenvalue weighted by Crippen LogP contribution is -2.53. The second kappa shape index (κ2) is 7.67. The standard InChI is InChI=1S/C36H31BN2/c1-22-11-8-13-27-28-14-9-12-23(2)34(28)39(33(22)27)37-29-16-6-7-18-31(29)38-32-21-24(36(3,4)5)19-20-25(32)26-15-10-17-30(37)35(26)38/h6-21H,1-5H3. The Balaban J connectivity index is 1.58. The summed E-state index contributed by atoms with van der Waals surface area (Å²) in [4.78, 5) is 0. The molecule has 0 radical (unpaired) electrons. The van der Waals surface area contributed by atoms with E-state index in [0.29, 0.717) is 0 Å². The van der Waals surface area contributed by atoms with Gasteiger partial charge in [-0.05, 0) is 59.0 Å². The molecule has 3 heteroatoms. The molecule has 0 saturated carbocycles. The lowest BCUT2D eigenvalue weighted by atomic mass is 9.48. The van der Waals surface area contributed by atoms with E-state index in [9.17, 15) is 0 Å². The van der Waals surface area contributed by atoms with Crippen molar-refractivity contribution in [3.63, 3.8) is 0 Å². The van der Waals surface area contributed by atoms with Crippen LogP contribution in [-0.2, 0) is 5.41 Å². The van der Waals surface area contributed by atoms with E-state index in [-0.39, 0.29) is 12.3 Å². The van der Waals surface area contributed by atoms with Crippen molar-refractivity contribution in [1.82, 2.24) is 9.05 Å². The van der Waals surface area contributed by atoms with Gasteiger partial charge in [0.25, 0.3) is 0 Å². The number of hydrogen-bond donors (Lipinski definition) is 0. The first-order valence-corrected chi connectivity index (χ1v) is 14.0. The molecule has 188 valence electrons. The van der Waals surface area contributed by atoms with Gasteiger partial charge in [-0.3, -0.25) is 0 Å². The zero-order valence-electron chi connectivity index (χ0n) is 23.2. The maximum Gasteiger partial charge on any atom is 0.332 e. The molecule has 0 fully saturated rings. The average molecular weight is 502 g/mol. The Bertz CT molecular complexity index is 2070. The maximum atomic E-state index is 2.64. The Labute approximate surface area is 229 Å². The van der Waals surface area contributed by atoms with Crippen LogP contribution < -0.4 is 10.9 Å². The Morgan fingerprint density at radius 3 is 1.82 bits per heavy atom. The number of fused-ring (bicyclic) bond motifs is 8. The minimum Gasteiger partial charge on any atom is -0.375 e. The van der Waals surface area contributed by atoms with Crippen molar-refractivity contribution in [3.8, 4) is 5.69 Å². The average Bonchev–Trinajstić information content (AvgIpc) is 3.44. The van der Waals surface area contributed by atoms with Crippen LogP contribution in [0.2, 0.25) is 0 Å². The van der Waals surface area contributed by atoms with E-state index in [0.717, 1.165) is 0 Å².